The lowest BCUT2D eigenvalue weighted by Gasteiger charge is -1.96. The summed E-state index contributed by atoms with van der Waals surface area (Å²) in [7, 11) is 0. The Hall–Kier alpha value is -2.47. The second-order valence-electron chi connectivity index (χ2n) is 4.16. The van der Waals surface area contributed by atoms with Crippen molar-refractivity contribution in [3.63, 3.8) is 0 Å². The highest BCUT2D eigenvalue weighted by molar-refractivity contribution is 5.63. The van der Waals surface area contributed by atoms with Crippen LogP contribution in [-0.2, 0) is 6.54 Å². The summed E-state index contributed by atoms with van der Waals surface area (Å²) in [6.07, 6.45) is 0. The van der Waals surface area contributed by atoms with E-state index in [2.05, 4.69) is 10.1 Å². The van der Waals surface area contributed by atoms with Crippen molar-refractivity contribution in [2.24, 2.45) is 5.73 Å². The largest absolute Gasteiger partial charge is 0.325 e. The van der Waals surface area contributed by atoms with Crippen LogP contribution in [0.4, 0.5) is 4.39 Å². The normalized spacial score (nSPS) is 11.1. The van der Waals surface area contributed by atoms with Crippen molar-refractivity contribution in [3.05, 3.63) is 58.3 Å². The lowest BCUT2D eigenvalue weighted by atomic mass is 10.1. The molecule has 0 spiro atoms. The van der Waals surface area contributed by atoms with Crippen LogP contribution in [0.1, 0.15) is 5.69 Å². The summed E-state index contributed by atoms with van der Waals surface area (Å²) < 4.78 is 14.2. The molecule has 0 fully saturated rings. The molecule has 0 aliphatic carbocycles. The molecule has 3 rings (SSSR count). The van der Waals surface area contributed by atoms with Gasteiger partial charge in [0, 0.05) is 18.7 Å². The average Bonchev–Trinajstić information content (AvgIpc) is 2.84. The van der Waals surface area contributed by atoms with E-state index in [-0.39, 0.29) is 17.9 Å². The molecule has 0 atom stereocenters. The molecule has 0 aliphatic heterocycles. The predicted octanol–water partition coefficient (Wildman–Crippen LogP) is 1.29. The molecule has 0 radical (unpaired) electrons. The fourth-order valence-corrected chi connectivity index (χ4v) is 1.92. The van der Waals surface area contributed by atoms with Crippen LogP contribution >= 0.6 is 0 Å². The van der Waals surface area contributed by atoms with Gasteiger partial charge in [-0.3, -0.25) is 9.89 Å². The van der Waals surface area contributed by atoms with Crippen LogP contribution in [-0.4, -0.2) is 14.6 Å². The van der Waals surface area contributed by atoms with Gasteiger partial charge in [0.2, 0.25) is 0 Å². The Morgan fingerprint density at radius 1 is 1.26 bits per heavy atom. The van der Waals surface area contributed by atoms with Crippen molar-refractivity contribution in [2.45, 2.75) is 6.54 Å². The van der Waals surface area contributed by atoms with E-state index in [1.165, 1.54) is 22.7 Å². The van der Waals surface area contributed by atoms with Crippen molar-refractivity contribution in [1.29, 1.82) is 0 Å². The standard InChI is InChI=1S/C13H11FN4O/c14-9-3-1-8(2-4-9)11-6-12-16-10(7-15)5-13(19)18(12)17-11/h1-6,17H,7,15H2. The van der Waals surface area contributed by atoms with E-state index in [4.69, 9.17) is 5.73 Å². The van der Waals surface area contributed by atoms with Crippen molar-refractivity contribution >= 4 is 5.65 Å². The zero-order chi connectivity index (χ0) is 13.4. The topological polar surface area (TPSA) is 76.2 Å². The van der Waals surface area contributed by atoms with Crippen LogP contribution in [0.3, 0.4) is 0 Å². The van der Waals surface area contributed by atoms with E-state index in [0.717, 1.165) is 5.56 Å². The van der Waals surface area contributed by atoms with Gasteiger partial charge in [0.15, 0.2) is 5.65 Å². The van der Waals surface area contributed by atoms with E-state index < -0.39 is 0 Å². The van der Waals surface area contributed by atoms with Gasteiger partial charge in [-0.25, -0.2) is 13.9 Å². The monoisotopic (exact) mass is 258 g/mol. The number of fused-ring (bicyclic) bond motifs is 1. The number of rotatable bonds is 2. The van der Waals surface area contributed by atoms with E-state index in [1.807, 2.05) is 0 Å². The van der Waals surface area contributed by atoms with Gasteiger partial charge in [-0.2, -0.15) is 0 Å². The highest BCUT2D eigenvalue weighted by Crippen LogP contribution is 2.18. The van der Waals surface area contributed by atoms with E-state index in [9.17, 15) is 9.18 Å². The number of hydrogen-bond acceptors (Lipinski definition) is 3. The number of aromatic nitrogens is 3. The first kappa shape index (κ1) is 11.6. The maximum Gasteiger partial charge on any atom is 0.272 e. The summed E-state index contributed by atoms with van der Waals surface area (Å²) in [5.74, 6) is -0.305. The van der Waals surface area contributed by atoms with Gasteiger partial charge in [0.25, 0.3) is 5.56 Å². The molecular weight excluding hydrogens is 247 g/mol. The third-order valence-corrected chi connectivity index (χ3v) is 2.87. The van der Waals surface area contributed by atoms with Crippen LogP contribution in [0.2, 0.25) is 0 Å². The maximum atomic E-state index is 12.9. The van der Waals surface area contributed by atoms with Crippen LogP contribution < -0.4 is 11.3 Å². The van der Waals surface area contributed by atoms with Crippen molar-refractivity contribution < 1.29 is 4.39 Å². The summed E-state index contributed by atoms with van der Waals surface area (Å²) in [5.41, 5.74) is 7.76. The number of nitrogens with one attached hydrogen (secondary N) is 1. The SMILES string of the molecule is NCc1cc(=O)n2[nH]c(-c3ccc(F)cc3)cc2n1. The summed E-state index contributed by atoms with van der Waals surface area (Å²) in [6, 6.07) is 9.11. The molecule has 19 heavy (non-hydrogen) atoms. The Morgan fingerprint density at radius 3 is 2.68 bits per heavy atom. The highest BCUT2D eigenvalue weighted by Gasteiger charge is 2.07. The number of nitrogens with two attached hydrogens (primary N) is 1. The maximum absolute atomic E-state index is 12.9. The fraction of sp³-hybridized carbons (Fsp3) is 0.0769. The third-order valence-electron chi connectivity index (χ3n) is 2.87. The molecule has 96 valence electrons. The number of benzene rings is 1. The smallest absolute Gasteiger partial charge is 0.272 e. The van der Waals surface area contributed by atoms with Crippen LogP contribution in [0, 0.1) is 5.82 Å². The zero-order valence-corrected chi connectivity index (χ0v) is 9.93. The first-order valence-electron chi connectivity index (χ1n) is 5.75. The molecule has 0 saturated carbocycles. The van der Waals surface area contributed by atoms with Gasteiger partial charge in [0.1, 0.15) is 5.82 Å². The van der Waals surface area contributed by atoms with Crippen molar-refractivity contribution in [3.8, 4) is 11.3 Å². The summed E-state index contributed by atoms with van der Waals surface area (Å²) >= 11 is 0. The first-order chi connectivity index (χ1) is 9.17. The predicted molar refractivity (Wildman–Crippen MR) is 69.1 cm³/mol. The molecule has 0 aliphatic rings. The molecule has 3 aromatic rings. The lowest BCUT2D eigenvalue weighted by molar-refractivity contribution is 0.628. The minimum Gasteiger partial charge on any atom is -0.325 e. The Bertz CT molecular complexity index is 789. The van der Waals surface area contributed by atoms with Gasteiger partial charge >= 0.3 is 0 Å². The molecule has 5 nitrogen and oxygen atoms in total. The Labute approximate surface area is 107 Å². The minimum absolute atomic E-state index is 0.211. The zero-order valence-electron chi connectivity index (χ0n) is 9.93. The van der Waals surface area contributed by atoms with Crippen LogP contribution in [0.15, 0.2) is 41.2 Å². The molecule has 1 aromatic carbocycles. The van der Waals surface area contributed by atoms with Crippen LogP contribution in [0.5, 0.6) is 0 Å². The van der Waals surface area contributed by atoms with Gasteiger partial charge in [-0.1, -0.05) is 0 Å². The minimum atomic E-state index is -0.305. The quantitative estimate of drug-likeness (QED) is 0.727. The first-order valence-corrected chi connectivity index (χ1v) is 5.75. The lowest BCUT2D eigenvalue weighted by Crippen LogP contribution is -2.16. The molecule has 0 amide bonds. The number of halogens is 1. The fourth-order valence-electron chi connectivity index (χ4n) is 1.92. The second-order valence-corrected chi connectivity index (χ2v) is 4.16. The number of hydrogen-bond donors (Lipinski definition) is 2. The highest BCUT2D eigenvalue weighted by atomic mass is 19.1. The molecule has 3 N–H and O–H groups in total. The molecule has 0 saturated heterocycles. The number of H-pyrrole nitrogens is 1. The molecule has 0 unspecified atom stereocenters. The van der Waals surface area contributed by atoms with Crippen molar-refractivity contribution in [1.82, 2.24) is 14.6 Å². The number of nitrogens with zero attached hydrogens (tertiary/aromatic N) is 2. The van der Waals surface area contributed by atoms with Gasteiger partial charge < -0.3 is 5.73 Å². The molecular formula is C13H11FN4O. The van der Waals surface area contributed by atoms with Gasteiger partial charge in [-0.15, -0.1) is 0 Å². The third kappa shape index (κ3) is 2.02. The van der Waals surface area contributed by atoms with Gasteiger partial charge in [0.05, 0.1) is 11.4 Å². The van der Waals surface area contributed by atoms with Crippen molar-refractivity contribution in [2.75, 3.05) is 0 Å². The summed E-state index contributed by atoms with van der Waals surface area (Å²) in [6.45, 7) is 0.211. The van der Waals surface area contributed by atoms with E-state index in [0.29, 0.717) is 17.0 Å². The number of aromatic amines is 1. The summed E-state index contributed by atoms with van der Waals surface area (Å²) in [5, 5.41) is 2.93. The van der Waals surface area contributed by atoms with Crippen LogP contribution in [0.25, 0.3) is 16.9 Å². The molecule has 6 heteroatoms. The van der Waals surface area contributed by atoms with E-state index in [1.54, 1.807) is 18.2 Å². The average molecular weight is 258 g/mol. The van der Waals surface area contributed by atoms with Gasteiger partial charge in [-0.05, 0) is 29.8 Å². The molecule has 2 heterocycles. The van der Waals surface area contributed by atoms with E-state index >= 15 is 0 Å². The molecule has 0 bridgehead atoms. The molecule has 2 aromatic heterocycles. The Balaban J connectivity index is 2.18. The second kappa shape index (κ2) is 4.33. The Kier molecular flexibility index (Phi) is 2.64. The Morgan fingerprint density at radius 2 is 2.00 bits per heavy atom. The summed E-state index contributed by atoms with van der Waals surface area (Å²) in [4.78, 5) is 16.1.